The van der Waals surface area contributed by atoms with Gasteiger partial charge < -0.3 is 14.2 Å². The van der Waals surface area contributed by atoms with Gasteiger partial charge in [-0.1, -0.05) is 49.6 Å². The highest BCUT2D eigenvalue weighted by molar-refractivity contribution is 5.57. The van der Waals surface area contributed by atoms with Gasteiger partial charge in [-0.25, -0.2) is 4.98 Å². The van der Waals surface area contributed by atoms with Gasteiger partial charge in [0.2, 0.25) is 0 Å². The van der Waals surface area contributed by atoms with E-state index < -0.39 is 0 Å². The normalized spacial score (nSPS) is 18.8. The second-order valence-corrected chi connectivity index (χ2v) is 8.70. The fourth-order valence-electron chi connectivity index (χ4n) is 4.56. The van der Waals surface area contributed by atoms with Crippen molar-refractivity contribution >= 4 is 11.9 Å². The Kier molecular flexibility index (Phi) is 6.88. The van der Waals surface area contributed by atoms with Gasteiger partial charge in [-0.2, -0.15) is 0 Å². The average Bonchev–Trinajstić information content (AvgIpc) is 2.80. The van der Waals surface area contributed by atoms with E-state index in [2.05, 4.69) is 46.3 Å². The molecule has 0 radical (unpaired) electrons. The van der Waals surface area contributed by atoms with Crippen molar-refractivity contribution in [2.75, 3.05) is 24.6 Å². The molecule has 0 spiro atoms. The number of aryl methyl sites for hydroxylation is 1. The molecular formula is C25H33N3O2. The average molecular weight is 408 g/mol. The Labute approximate surface area is 179 Å². The molecule has 0 amide bonds. The number of para-hydroxylation sites is 1. The van der Waals surface area contributed by atoms with Gasteiger partial charge in [0.15, 0.2) is 5.82 Å². The molecule has 5 heteroatoms. The van der Waals surface area contributed by atoms with E-state index in [1.54, 1.807) is 24.0 Å². The van der Waals surface area contributed by atoms with Crippen molar-refractivity contribution in [2.24, 2.45) is 18.9 Å². The lowest BCUT2D eigenvalue weighted by Gasteiger charge is -2.31. The molecule has 1 aromatic carbocycles. The maximum Gasteiger partial charge on any atom is 0.293 e. The standard InChI is InChI=1S/C25H33N3O2/c1-27-18-15-26-24(25(27)29)28-16-13-20(14-17-28)11-12-22-9-5-6-10-23(22)30-19-21-7-3-2-4-8-21/h5-6,9-12,15,18,20-21H,2-4,7-8,13-14,16-17,19H2,1H3/b12-11+. The SMILES string of the molecule is Cn1ccnc(N2CCC(/C=C/c3ccccc3OCC3CCCCC3)CC2)c1=O. The van der Waals surface area contributed by atoms with E-state index in [1.165, 1.54) is 32.1 Å². The highest BCUT2D eigenvalue weighted by Crippen LogP contribution is 2.27. The molecule has 4 rings (SSSR count). The summed E-state index contributed by atoms with van der Waals surface area (Å²) in [4.78, 5) is 18.7. The monoisotopic (exact) mass is 407 g/mol. The fourth-order valence-corrected chi connectivity index (χ4v) is 4.56. The summed E-state index contributed by atoms with van der Waals surface area (Å²) >= 11 is 0. The van der Waals surface area contributed by atoms with Crippen LogP contribution in [-0.4, -0.2) is 29.2 Å². The summed E-state index contributed by atoms with van der Waals surface area (Å²) in [7, 11) is 1.77. The van der Waals surface area contributed by atoms with Crippen molar-refractivity contribution in [1.82, 2.24) is 9.55 Å². The lowest BCUT2D eigenvalue weighted by molar-refractivity contribution is 0.208. The second-order valence-electron chi connectivity index (χ2n) is 8.70. The van der Waals surface area contributed by atoms with E-state index >= 15 is 0 Å². The minimum absolute atomic E-state index is 0.0180. The number of rotatable bonds is 6. The summed E-state index contributed by atoms with van der Waals surface area (Å²) < 4.78 is 7.81. The highest BCUT2D eigenvalue weighted by atomic mass is 16.5. The third kappa shape index (κ3) is 5.13. The first-order valence-electron chi connectivity index (χ1n) is 11.4. The van der Waals surface area contributed by atoms with Crippen LogP contribution in [0.15, 0.2) is 47.5 Å². The van der Waals surface area contributed by atoms with Crippen LogP contribution in [0, 0.1) is 11.8 Å². The summed E-state index contributed by atoms with van der Waals surface area (Å²) in [5.41, 5.74) is 1.14. The molecule has 30 heavy (non-hydrogen) atoms. The molecule has 2 fully saturated rings. The summed E-state index contributed by atoms with van der Waals surface area (Å²) in [5.74, 6) is 2.79. The summed E-state index contributed by atoms with van der Waals surface area (Å²) in [6.07, 6.45) is 16.7. The van der Waals surface area contributed by atoms with Crippen LogP contribution in [0.5, 0.6) is 5.75 Å². The zero-order chi connectivity index (χ0) is 20.8. The van der Waals surface area contributed by atoms with Gasteiger partial charge in [0.05, 0.1) is 6.61 Å². The number of nitrogens with zero attached hydrogens (tertiary/aromatic N) is 3. The van der Waals surface area contributed by atoms with E-state index in [4.69, 9.17) is 4.74 Å². The zero-order valence-corrected chi connectivity index (χ0v) is 18.0. The van der Waals surface area contributed by atoms with Crippen LogP contribution >= 0.6 is 0 Å². The minimum atomic E-state index is -0.0180. The predicted octanol–water partition coefficient (Wildman–Crippen LogP) is 4.67. The second kappa shape index (κ2) is 9.96. The van der Waals surface area contributed by atoms with Gasteiger partial charge in [0.1, 0.15) is 5.75 Å². The number of allylic oxidation sites excluding steroid dienone is 1. The molecule has 0 bridgehead atoms. The van der Waals surface area contributed by atoms with Crippen molar-refractivity contribution in [3.8, 4) is 5.75 Å². The van der Waals surface area contributed by atoms with Crippen LogP contribution in [0.3, 0.4) is 0 Å². The maximum absolute atomic E-state index is 12.3. The minimum Gasteiger partial charge on any atom is -0.493 e. The van der Waals surface area contributed by atoms with E-state index in [1.807, 2.05) is 0 Å². The van der Waals surface area contributed by atoms with Crippen LogP contribution < -0.4 is 15.2 Å². The van der Waals surface area contributed by atoms with Gasteiger partial charge in [-0.3, -0.25) is 4.79 Å². The molecule has 1 saturated heterocycles. The Morgan fingerprint density at radius 3 is 2.67 bits per heavy atom. The quantitative estimate of drug-likeness (QED) is 0.698. The van der Waals surface area contributed by atoms with Gasteiger partial charge in [0.25, 0.3) is 5.56 Å². The van der Waals surface area contributed by atoms with Crippen LogP contribution in [0.25, 0.3) is 6.08 Å². The molecule has 0 N–H and O–H groups in total. The molecule has 2 heterocycles. The summed E-state index contributed by atoms with van der Waals surface area (Å²) in [6, 6.07) is 8.35. The molecule has 5 nitrogen and oxygen atoms in total. The van der Waals surface area contributed by atoms with Crippen LogP contribution in [0.4, 0.5) is 5.82 Å². The van der Waals surface area contributed by atoms with Gasteiger partial charge in [-0.05, 0) is 43.6 Å². The van der Waals surface area contributed by atoms with Crippen LogP contribution in [0.2, 0.25) is 0 Å². The Hall–Kier alpha value is -2.56. The molecule has 160 valence electrons. The molecule has 1 saturated carbocycles. The molecule has 0 unspecified atom stereocenters. The predicted molar refractivity (Wildman–Crippen MR) is 122 cm³/mol. The van der Waals surface area contributed by atoms with Crippen molar-refractivity contribution < 1.29 is 4.74 Å². The molecule has 1 aromatic heterocycles. The third-order valence-corrected chi connectivity index (χ3v) is 6.50. The first-order chi connectivity index (χ1) is 14.7. The van der Waals surface area contributed by atoms with E-state index in [9.17, 15) is 4.79 Å². The molecule has 2 aromatic rings. The highest BCUT2D eigenvalue weighted by Gasteiger charge is 2.21. The number of benzene rings is 1. The number of hydrogen-bond donors (Lipinski definition) is 0. The summed E-state index contributed by atoms with van der Waals surface area (Å²) in [6.45, 7) is 2.56. The zero-order valence-electron chi connectivity index (χ0n) is 18.0. The van der Waals surface area contributed by atoms with Gasteiger partial charge in [0, 0.05) is 38.1 Å². The van der Waals surface area contributed by atoms with Crippen molar-refractivity contribution in [3.05, 3.63) is 58.7 Å². The van der Waals surface area contributed by atoms with E-state index in [-0.39, 0.29) is 5.56 Å². The van der Waals surface area contributed by atoms with Crippen molar-refractivity contribution in [3.63, 3.8) is 0 Å². The summed E-state index contributed by atoms with van der Waals surface area (Å²) in [5, 5.41) is 0. The Morgan fingerprint density at radius 1 is 1.10 bits per heavy atom. The maximum atomic E-state index is 12.3. The molecular weight excluding hydrogens is 374 g/mol. The molecule has 1 aliphatic carbocycles. The first kappa shape index (κ1) is 20.7. The van der Waals surface area contributed by atoms with Gasteiger partial charge >= 0.3 is 0 Å². The number of aromatic nitrogens is 2. The Bertz CT molecular complexity index is 907. The third-order valence-electron chi connectivity index (χ3n) is 6.50. The number of piperidine rings is 1. The molecule has 2 aliphatic rings. The van der Waals surface area contributed by atoms with Crippen LogP contribution in [0.1, 0.15) is 50.5 Å². The van der Waals surface area contributed by atoms with Crippen molar-refractivity contribution in [1.29, 1.82) is 0 Å². The topological polar surface area (TPSA) is 47.4 Å². The largest absolute Gasteiger partial charge is 0.493 e. The van der Waals surface area contributed by atoms with Gasteiger partial charge in [-0.15, -0.1) is 0 Å². The lowest BCUT2D eigenvalue weighted by atomic mass is 9.90. The number of hydrogen-bond acceptors (Lipinski definition) is 4. The van der Waals surface area contributed by atoms with Crippen molar-refractivity contribution in [2.45, 2.75) is 44.9 Å². The Balaban J connectivity index is 1.33. The van der Waals surface area contributed by atoms with E-state index in [0.717, 1.165) is 43.9 Å². The lowest BCUT2D eigenvalue weighted by Crippen LogP contribution is -2.38. The number of anilines is 1. The van der Waals surface area contributed by atoms with Crippen LogP contribution in [-0.2, 0) is 7.05 Å². The fraction of sp³-hybridized carbons (Fsp3) is 0.520. The number of ether oxygens (including phenoxy) is 1. The molecule has 1 aliphatic heterocycles. The Morgan fingerprint density at radius 2 is 1.87 bits per heavy atom. The molecule has 0 atom stereocenters. The smallest absolute Gasteiger partial charge is 0.293 e. The first-order valence-corrected chi connectivity index (χ1v) is 11.4. The van der Waals surface area contributed by atoms with E-state index in [0.29, 0.717) is 17.7 Å².